The SMILES string of the molecule is CN1/C(=C/C(C)(C)/C=C/C(C)(C)C2=[N+](C)c3ccccc3C2(C)C)C(C)(C)c2ccccc21. The number of rotatable bonds is 4. The number of hydrogen-bond donors (Lipinski definition) is 0. The van der Waals surface area contributed by atoms with Gasteiger partial charge in [0.25, 0.3) is 0 Å². The van der Waals surface area contributed by atoms with Gasteiger partial charge in [0.15, 0.2) is 5.71 Å². The maximum Gasteiger partial charge on any atom is 0.209 e. The highest BCUT2D eigenvalue weighted by molar-refractivity contribution is 6.00. The van der Waals surface area contributed by atoms with Gasteiger partial charge in [-0.15, -0.1) is 0 Å². The fourth-order valence-electron chi connectivity index (χ4n) is 6.36. The Bertz CT molecular complexity index is 1180. The summed E-state index contributed by atoms with van der Waals surface area (Å²) >= 11 is 0. The van der Waals surface area contributed by atoms with Crippen LogP contribution in [0.5, 0.6) is 0 Å². The topological polar surface area (TPSA) is 6.25 Å². The van der Waals surface area contributed by atoms with Gasteiger partial charge in [-0.3, -0.25) is 0 Å². The van der Waals surface area contributed by atoms with E-state index in [-0.39, 0.29) is 21.7 Å². The summed E-state index contributed by atoms with van der Waals surface area (Å²) in [4.78, 5) is 2.37. The lowest BCUT2D eigenvalue weighted by molar-refractivity contribution is -0.406. The van der Waals surface area contributed by atoms with Crippen molar-refractivity contribution in [1.29, 1.82) is 0 Å². The minimum atomic E-state index is -0.0763. The van der Waals surface area contributed by atoms with Gasteiger partial charge in [-0.05, 0) is 39.3 Å². The molecule has 0 aromatic heterocycles. The second-order valence-corrected chi connectivity index (χ2v) is 12.2. The van der Waals surface area contributed by atoms with Crippen LogP contribution in [0.2, 0.25) is 0 Å². The first-order chi connectivity index (χ1) is 15.2. The van der Waals surface area contributed by atoms with Gasteiger partial charge >= 0.3 is 0 Å². The average Bonchev–Trinajstić information content (AvgIpc) is 3.07. The second kappa shape index (κ2) is 7.45. The highest BCUT2D eigenvalue weighted by Crippen LogP contribution is 2.48. The van der Waals surface area contributed by atoms with E-state index in [1.165, 1.54) is 33.9 Å². The molecule has 4 rings (SSSR count). The van der Waals surface area contributed by atoms with Crippen LogP contribution in [-0.2, 0) is 10.8 Å². The first kappa shape index (κ1) is 23.5. The second-order valence-electron chi connectivity index (χ2n) is 12.2. The molecule has 0 N–H and O–H groups in total. The Labute approximate surface area is 201 Å². The highest BCUT2D eigenvalue weighted by Gasteiger charge is 2.50. The van der Waals surface area contributed by atoms with E-state index >= 15 is 0 Å². The Balaban J connectivity index is 1.69. The van der Waals surface area contributed by atoms with Gasteiger partial charge in [-0.2, -0.15) is 0 Å². The maximum absolute atomic E-state index is 2.46. The molecule has 0 saturated carbocycles. The molecular formula is C31H41N2+. The van der Waals surface area contributed by atoms with Crippen LogP contribution in [0.15, 0.2) is 72.5 Å². The summed E-state index contributed by atoms with van der Waals surface area (Å²) in [6.07, 6.45) is 7.30. The summed E-state index contributed by atoms with van der Waals surface area (Å²) in [5.74, 6) is 0. The van der Waals surface area contributed by atoms with Gasteiger partial charge in [-0.1, -0.05) is 82.3 Å². The molecule has 0 radical (unpaired) electrons. The zero-order valence-corrected chi connectivity index (χ0v) is 22.2. The van der Waals surface area contributed by atoms with E-state index in [2.05, 4.69) is 146 Å². The molecular weight excluding hydrogens is 400 g/mol. The van der Waals surface area contributed by atoms with Crippen LogP contribution in [0.3, 0.4) is 0 Å². The zero-order chi connectivity index (χ0) is 24.4. The number of anilines is 1. The number of likely N-dealkylation sites (N-methyl/N-ethyl adjacent to an activating group) is 1. The van der Waals surface area contributed by atoms with Crippen molar-refractivity contribution in [2.24, 2.45) is 10.8 Å². The number of para-hydroxylation sites is 2. The molecule has 0 atom stereocenters. The Kier molecular flexibility index (Phi) is 5.32. The van der Waals surface area contributed by atoms with Crippen LogP contribution in [0.1, 0.15) is 66.5 Å². The van der Waals surface area contributed by atoms with Gasteiger partial charge < -0.3 is 4.90 Å². The van der Waals surface area contributed by atoms with Crippen molar-refractivity contribution >= 4 is 17.1 Å². The van der Waals surface area contributed by atoms with Crippen LogP contribution in [0, 0.1) is 10.8 Å². The Morgan fingerprint density at radius 2 is 1.36 bits per heavy atom. The Morgan fingerprint density at radius 1 is 0.788 bits per heavy atom. The van der Waals surface area contributed by atoms with Gasteiger partial charge in [0.1, 0.15) is 7.05 Å². The Morgan fingerprint density at radius 3 is 1.97 bits per heavy atom. The molecule has 33 heavy (non-hydrogen) atoms. The maximum atomic E-state index is 2.46. The van der Waals surface area contributed by atoms with Gasteiger partial charge in [0, 0.05) is 40.9 Å². The smallest absolute Gasteiger partial charge is 0.209 e. The molecule has 2 aliphatic rings. The molecule has 0 bridgehead atoms. The van der Waals surface area contributed by atoms with Gasteiger partial charge in [0.05, 0.1) is 10.8 Å². The molecule has 0 amide bonds. The molecule has 2 aliphatic heterocycles. The monoisotopic (exact) mass is 441 g/mol. The average molecular weight is 442 g/mol. The van der Waals surface area contributed by atoms with Gasteiger partial charge in [0.2, 0.25) is 5.69 Å². The third-order valence-electron chi connectivity index (χ3n) is 7.86. The lowest BCUT2D eigenvalue weighted by atomic mass is 9.70. The molecule has 0 saturated heterocycles. The third-order valence-corrected chi connectivity index (χ3v) is 7.86. The summed E-state index contributed by atoms with van der Waals surface area (Å²) in [6.45, 7) is 18.8. The van der Waals surface area contributed by atoms with Crippen LogP contribution in [-0.4, -0.2) is 24.4 Å². The lowest BCUT2D eigenvalue weighted by Gasteiger charge is -2.30. The molecule has 0 unspecified atom stereocenters. The van der Waals surface area contributed by atoms with Gasteiger partial charge in [-0.25, -0.2) is 4.58 Å². The predicted molar refractivity (Wildman–Crippen MR) is 143 cm³/mol. The van der Waals surface area contributed by atoms with Crippen molar-refractivity contribution in [3.8, 4) is 0 Å². The highest BCUT2D eigenvalue weighted by atomic mass is 15.2. The predicted octanol–water partition coefficient (Wildman–Crippen LogP) is 7.61. The molecule has 2 aromatic rings. The molecule has 2 heteroatoms. The van der Waals surface area contributed by atoms with E-state index < -0.39 is 0 Å². The van der Waals surface area contributed by atoms with Crippen molar-refractivity contribution in [2.75, 3.05) is 19.0 Å². The first-order valence-corrected chi connectivity index (χ1v) is 12.2. The van der Waals surface area contributed by atoms with Crippen LogP contribution in [0.4, 0.5) is 11.4 Å². The fourth-order valence-corrected chi connectivity index (χ4v) is 6.36. The Hall–Kier alpha value is -2.61. The van der Waals surface area contributed by atoms with Crippen molar-refractivity contribution in [1.82, 2.24) is 0 Å². The number of hydrogen-bond acceptors (Lipinski definition) is 1. The van der Waals surface area contributed by atoms with Crippen LogP contribution in [0.25, 0.3) is 0 Å². The largest absolute Gasteiger partial charge is 0.347 e. The van der Waals surface area contributed by atoms with E-state index in [1.807, 2.05) is 0 Å². The normalized spacial score (nSPS) is 20.7. The third kappa shape index (κ3) is 3.68. The summed E-state index contributed by atoms with van der Waals surface area (Å²) in [7, 11) is 4.42. The fraction of sp³-hybridized carbons (Fsp3) is 0.452. The standard InChI is InChI=1S/C31H41N2/c1-28(2,21-26-30(5,6)22-15-11-13-17-24(22)32(26)9)19-20-29(3,4)27-31(7,8)23-16-12-14-18-25(23)33(27)10/h11-21H,1-10H3/q+1/b20-19+,26-21+. The van der Waals surface area contributed by atoms with Crippen LogP contribution >= 0.6 is 0 Å². The summed E-state index contributed by atoms with van der Waals surface area (Å²) in [6, 6.07) is 17.6. The summed E-state index contributed by atoms with van der Waals surface area (Å²) < 4.78 is 2.41. The number of allylic oxidation sites excluding steroid dienone is 4. The number of nitrogens with zero attached hydrogens (tertiary/aromatic N) is 2. The number of fused-ring (bicyclic) bond motifs is 2. The number of benzene rings is 2. The van der Waals surface area contributed by atoms with E-state index in [9.17, 15) is 0 Å². The summed E-state index contributed by atoms with van der Waals surface area (Å²) in [5.41, 5.74) is 8.12. The van der Waals surface area contributed by atoms with E-state index in [0.717, 1.165) is 0 Å². The van der Waals surface area contributed by atoms with E-state index in [4.69, 9.17) is 0 Å². The minimum Gasteiger partial charge on any atom is -0.347 e. The molecule has 2 aromatic carbocycles. The molecule has 0 fully saturated rings. The molecule has 0 spiro atoms. The molecule has 2 heterocycles. The van der Waals surface area contributed by atoms with Crippen molar-refractivity contribution < 1.29 is 4.58 Å². The van der Waals surface area contributed by atoms with Crippen molar-refractivity contribution in [2.45, 2.75) is 66.2 Å². The quantitative estimate of drug-likeness (QED) is 0.349. The first-order valence-electron chi connectivity index (χ1n) is 12.2. The molecule has 174 valence electrons. The van der Waals surface area contributed by atoms with Crippen LogP contribution < -0.4 is 4.90 Å². The summed E-state index contributed by atoms with van der Waals surface area (Å²) in [5, 5.41) is 0. The molecule has 2 nitrogen and oxygen atoms in total. The zero-order valence-electron chi connectivity index (χ0n) is 22.2. The molecule has 0 aliphatic carbocycles. The van der Waals surface area contributed by atoms with E-state index in [0.29, 0.717) is 0 Å². The van der Waals surface area contributed by atoms with Crippen molar-refractivity contribution in [3.05, 3.63) is 83.6 Å². The minimum absolute atomic E-state index is 0.00288. The van der Waals surface area contributed by atoms with Crippen molar-refractivity contribution in [3.63, 3.8) is 0 Å². The lowest BCUT2D eigenvalue weighted by Crippen LogP contribution is -2.39. The van der Waals surface area contributed by atoms with E-state index in [1.54, 1.807) is 0 Å².